The van der Waals surface area contributed by atoms with Gasteiger partial charge in [-0.1, -0.05) is 24.3 Å². The fraction of sp³-hybridized carbons (Fsp3) is 0.143. The van der Waals surface area contributed by atoms with Crippen LogP contribution in [0.4, 0.5) is 23.2 Å². The summed E-state index contributed by atoms with van der Waals surface area (Å²) in [5.41, 5.74) is 5.90. The summed E-state index contributed by atoms with van der Waals surface area (Å²) in [6, 6.07) is 12.2. The first kappa shape index (κ1) is 15.1. The van der Waals surface area contributed by atoms with Crippen LogP contribution in [0.15, 0.2) is 48.5 Å². The van der Waals surface area contributed by atoms with Crippen molar-refractivity contribution in [3.8, 4) is 5.75 Å². The van der Waals surface area contributed by atoms with E-state index in [0.29, 0.717) is 5.69 Å². The van der Waals surface area contributed by atoms with Crippen LogP contribution in [-0.2, 0) is 6.54 Å². The number of rotatable bonds is 5. The molecule has 0 unspecified atom stereocenters. The van der Waals surface area contributed by atoms with E-state index in [1.54, 1.807) is 24.3 Å². The van der Waals surface area contributed by atoms with Crippen LogP contribution in [0, 0.1) is 5.82 Å². The number of anilines is 1. The minimum atomic E-state index is -4.87. The number of hydrogen-bond acceptors (Lipinski definition) is 3. The Bertz CT molecular complexity index is 587. The molecule has 3 nitrogen and oxygen atoms in total. The fourth-order valence-corrected chi connectivity index (χ4v) is 1.69. The van der Waals surface area contributed by atoms with Crippen molar-refractivity contribution in [3.05, 3.63) is 59.9 Å². The number of nitrogens with one attached hydrogen (secondary N) is 2. The van der Waals surface area contributed by atoms with Crippen molar-refractivity contribution in [2.45, 2.75) is 12.9 Å². The molecule has 0 spiro atoms. The summed E-state index contributed by atoms with van der Waals surface area (Å²) in [6.07, 6.45) is -4.87. The normalized spacial score (nSPS) is 11.2. The zero-order chi connectivity index (χ0) is 15.3. The predicted octanol–water partition coefficient (Wildman–Crippen LogP) is 3.84. The van der Waals surface area contributed by atoms with E-state index in [0.717, 1.165) is 18.2 Å². The number of halogens is 4. The maximum absolute atomic E-state index is 13.6. The van der Waals surface area contributed by atoms with Gasteiger partial charge in [-0.05, 0) is 24.3 Å². The summed E-state index contributed by atoms with van der Waals surface area (Å²) in [4.78, 5) is 0. The van der Waals surface area contributed by atoms with Gasteiger partial charge in [0, 0.05) is 17.8 Å². The monoisotopic (exact) mass is 300 g/mol. The molecule has 2 aromatic carbocycles. The molecule has 0 heterocycles. The van der Waals surface area contributed by atoms with E-state index in [1.165, 1.54) is 0 Å². The van der Waals surface area contributed by atoms with E-state index in [-0.39, 0.29) is 12.1 Å². The molecule has 21 heavy (non-hydrogen) atoms. The smallest absolute Gasteiger partial charge is 0.405 e. The van der Waals surface area contributed by atoms with Crippen molar-refractivity contribution in [3.63, 3.8) is 0 Å². The maximum Gasteiger partial charge on any atom is 0.573 e. The molecule has 112 valence electrons. The maximum atomic E-state index is 13.6. The molecule has 0 aliphatic rings. The summed E-state index contributed by atoms with van der Waals surface area (Å²) in [6.45, 7) is -0.174. The second-order valence-electron chi connectivity index (χ2n) is 4.11. The van der Waals surface area contributed by atoms with Gasteiger partial charge in [-0.2, -0.15) is 0 Å². The van der Waals surface area contributed by atoms with Crippen LogP contribution < -0.4 is 15.6 Å². The quantitative estimate of drug-likeness (QED) is 0.650. The molecule has 0 aliphatic heterocycles. The van der Waals surface area contributed by atoms with Gasteiger partial charge in [0.15, 0.2) is 0 Å². The number of ether oxygens (including phenoxy) is 1. The minimum Gasteiger partial charge on any atom is -0.405 e. The summed E-state index contributed by atoms with van der Waals surface area (Å²) in [7, 11) is 0. The second kappa shape index (κ2) is 6.45. The highest BCUT2D eigenvalue weighted by molar-refractivity contribution is 5.42. The Balaban J connectivity index is 2.05. The second-order valence-corrected chi connectivity index (χ2v) is 4.11. The molecule has 2 aromatic rings. The fourth-order valence-electron chi connectivity index (χ4n) is 1.69. The van der Waals surface area contributed by atoms with Crippen LogP contribution in [0.3, 0.4) is 0 Å². The highest BCUT2D eigenvalue weighted by atomic mass is 19.4. The molecule has 0 bridgehead atoms. The van der Waals surface area contributed by atoms with E-state index < -0.39 is 17.9 Å². The molecule has 0 amide bonds. The minimum absolute atomic E-state index is 0.174. The number of alkyl halides is 3. The van der Waals surface area contributed by atoms with Crippen LogP contribution in [0.2, 0.25) is 0 Å². The van der Waals surface area contributed by atoms with Crippen LogP contribution in [0.25, 0.3) is 0 Å². The van der Waals surface area contributed by atoms with Gasteiger partial charge in [0.05, 0.1) is 0 Å². The molecule has 2 N–H and O–H groups in total. The molecule has 7 heteroatoms. The SMILES string of the molecule is Fc1cccc(OC(F)(F)F)c1CNNc1ccccc1. The van der Waals surface area contributed by atoms with Gasteiger partial charge in [0.25, 0.3) is 0 Å². The average molecular weight is 300 g/mol. The van der Waals surface area contributed by atoms with Crippen molar-refractivity contribution in [1.29, 1.82) is 0 Å². The number of hydrogen-bond donors (Lipinski definition) is 2. The van der Waals surface area contributed by atoms with Gasteiger partial charge in [-0.3, -0.25) is 0 Å². The van der Waals surface area contributed by atoms with Gasteiger partial charge < -0.3 is 10.2 Å². The lowest BCUT2D eigenvalue weighted by molar-refractivity contribution is -0.275. The van der Waals surface area contributed by atoms with Gasteiger partial charge in [-0.25, -0.2) is 9.82 Å². The first-order valence-electron chi connectivity index (χ1n) is 6.03. The Morgan fingerprint density at radius 3 is 2.33 bits per heavy atom. The lowest BCUT2D eigenvalue weighted by Gasteiger charge is -2.15. The highest BCUT2D eigenvalue weighted by Gasteiger charge is 2.32. The van der Waals surface area contributed by atoms with Gasteiger partial charge in [0.1, 0.15) is 11.6 Å². The molecular weight excluding hydrogens is 288 g/mol. The van der Waals surface area contributed by atoms with Crippen LogP contribution in [0.5, 0.6) is 5.75 Å². The largest absolute Gasteiger partial charge is 0.573 e. The number of para-hydroxylation sites is 1. The van der Waals surface area contributed by atoms with E-state index in [4.69, 9.17) is 0 Å². The van der Waals surface area contributed by atoms with E-state index in [1.807, 2.05) is 6.07 Å². The van der Waals surface area contributed by atoms with Crippen molar-refractivity contribution in [2.24, 2.45) is 0 Å². The van der Waals surface area contributed by atoms with Crippen molar-refractivity contribution >= 4 is 5.69 Å². The van der Waals surface area contributed by atoms with E-state index >= 15 is 0 Å². The van der Waals surface area contributed by atoms with Crippen LogP contribution in [0.1, 0.15) is 5.56 Å². The Hall–Kier alpha value is -2.28. The molecular formula is C14H12F4N2O. The van der Waals surface area contributed by atoms with Crippen molar-refractivity contribution in [2.75, 3.05) is 5.43 Å². The van der Waals surface area contributed by atoms with Crippen molar-refractivity contribution < 1.29 is 22.3 Å². The summed E-state index contributed by atoms with van der Waals surface area (Å²) < 4.78 is 54.2. The molecule has 0 atom stereocenters. The third kappa shape index (κ3) is 4.64. The third-order valence-corrected chi connectivity index (χ3v) is 2.57. The van der Waals surface area contributed by atoms with Gasteiger partial charge in [-0.15, -0.1) is 13.2 Å². The summed E-state index contributed by atoms with van der Waals surface area (Å²) in [5, 5.41) is 0. The lowest BCUT2D eigenvalue weighted by Crippen LogP contribution is -2.24. The summed E-state index contributed by atoms with van der Waals surface area (Å²) in [5.74, 6) is -1.34. The zero-order valence-electron chi connectivity index (χ0n) is 10.7. The summed E-state index contributed by atoms with van der Waals surface area (Å²) >= 11 is 0. The molecule has 0 aromatic heterocycles. The van der Waals surface area contributed by atoms with Gasteiger partial charge >= 0.3 is 6.36 Å². The molecule has 0 saturated heterocycles. The Labute approximate surface area is 118 Å². The molecule has 0 fully saturated rings. The van der Waals surface area contributed by atoms with Crippen LogP contribution >= 0.6 is 0 Å². The number of benzene rings is 2. The molecule has 0 radical (unpaired) electrons. The van der Waals surface area contributed by atoms with E-state index in [9.17, 15) is 17.6 Å². The molecule has 0 saturated carbocycles. The van der Waals surface area contributed by atoms with Gasteiger partial charge in [0.2, 0.25) is 0 Å². The zero-order valence-corrected chi connectivity index (χ0v) is 10.7. The van der Waals surface area contributed by atoms with Crippen LogP contribution in [-0.4, -0.2) is 6.36 Å². The third-order valence-electron chi connectivity index (χ3n) is 2.57. The Morgan fingerprint density at radius 2 is 1.67 bits per heavy atom. The predicted molar refractivity (Wildman–Crippen MR) is 70.0 cm³/mol. The van der Waals surface area contributed by atoms with E-state index in [2.05, 4.69) is 15.6 Å². The Kier molecular flexibility index (Phi) is 4.64. The average Bonchev–Trinajstić information content (AvgIpc) is 2.41. The first-order chi connectivity index (χ1) is 9.96. The topological polar surface area (TPSA) is 33.3 Å². The number of hydrazine groups is 1. The lowest BCUT2D eigenvalue weighted by atomic mass is 10.2. The molecule has 2 rings (SSSR count). The highest BCUT2D eigenvalue weighted by Crippen LogP contribution is 2.27. The molecule has 0 aliphatic carbocycles. The Morgan fingerprint density at radius 1 is 0.952 bits per heavy atom. The standard InChI is InChI=1S/C14H12F4N2O/c15-12-7-4-8-13(21-14(16,17)18)11(12)9-19-20-10-5-2-1-3-6-10/h1-8,19-20H,9H2. The first-order valence-corrected chi connectivity index (χ1v) is 6.03. The van der Waals surface area contributed by atoms with Crippen molar-refractivity contribution in [1.82, 2.24) is 5.43 Å².